The summed E-state index contributed by atoms with van der Waals surface area (Å²) in [4.78, 5) is 36.5. The summed E-state index contributed by atoms with van der Waals surface area (Å²) in [7, 11) is 0. The molecule has 2 aromatic carbocycles. The maximum Gasteiger partial charge on any atom is 0.286 e. The molecule has 1 aromatic heterocycles. The van der Waals surface area contributed by atoms with Crippen molar-refractivity contribution in [3.05, 3.63) is 71.8 Å². The third-order valence-corrected chi connectivity index (χ3v) is 6.68. The summed E-state index contributed by atoms with van der Waals surface area (Å²) in [6.45, 7) is 2.95. The smallest absolute Gasteiger partial charge is 0.286 e. The molecule has 8 heteroatoms. The molecule has 0 radical (unpaired) electrons. The largest absolute Gasteiger partial charge is 0.392 e. The first kappa shape index (κ1) is 22.0. The molecule has 3 aromatic rings. The number of amides is 2. The zero-order chi connectivity index (χ0) is 23.8. The van der Waals surface area contributed by atoms with Gasteiger partial charge in [-0.05, 0) is 47.6 Å². The number of carbonyl (C=O) groups excluding carboxylic acids is 2. The monoisotopic (exact) mass is 457 g/mol. The Balaban J connectivity index is 1.58. The van der Waals surface area contributed by atoms with Crippen molar-refractivity contribution in [2.75, 3.05) is 16.3 Å². The van der Waals surface area contributed by atoms with Gasteiger partial charge in [0.2, 0.25) is 11.7 Å². The van der Waals surface area contributed by atoms with Gasteiger partial charge in [0, 0.05) is 38.0 Å². The fraction of sp³-hybridized carbons (Fsp3) is 0.308. The normalized spacial score (nSPS) is 17.4. The number of aliphatic hydroxyl groups is 1. The number of fused-ring (bicyclic) bond motifs is 1. The van der Waals surface area contributed by atoms with Crippen LogP contribution in [-0.4, -0.2) is 39.5 Å². The highest BCUT2D eigenvalue weighted by Gasteiger charge is 2.42. The molecule has 174 valence electrons. The van der Waals surface area contributed by atoms with Crippen LogP contribution in [0.2, 0.25) is 0 Å². The zero-order valence-electron chi connectivity index (χ0n) is 19.0. The Hall–Kier alpha value is -3.78. The predicted molar refractivity (Wildman–Crippen MR) is 129 cm³/mol. The molecule has 1 unspecified atom stereocenters. The third kappa shape index (κ3) is 4.12. The van der Waals surface area contributed by atoms with E-state index in [0.29, 0.717) is 12.5 Å². The number of nitrogens with zero attached hydrogens (tertiary/aromatic N) is 4. The van der Waals surface area contributed by atoms with Gasteiger partial charge in [-0.2, -0.15) is 0 Å². The van der Waals surface area contributed by atoms with E-state index < -0.39 is 5.91 Å². The van der Waals surface area contributed by atoms with Crippen LogP contribution in [0, 0.1) is 5.92 Å². The van der Waals surface area contributed by atoms with Crippen molar-refractivity contribution < 1.29 is 14.7 Å². The predicted octanol–water partition coefficient (Wildman–Crippen LogP) is 2.89. The maximum atomic E-state index is 12.7. The van der Waals surface area contributed by atoms with E-state index in [1.165, 1.54) is 0 Å². The molecule has 0 spiro atoms. The van der Waals surface area contributed by atoms with Crippen LogP contribution in [0.1, 0.15) is 41.5 Å². The minimum absolute atomic E-state index is 0.0217. The molecule has 1 atom stereocenters. The quantitative estimate of drug-likeness (QED) is 0.589. The van der Waals surface area contributed by atoms with E-state index >= 15 is 0 Å². The average molecular weight is 458 g/mol. The summed E-state index contributed by atoms with van der Waals surface area (Å²) >= 11 is 0. The second kappa shape index (κ2) is 8.87. The van der Waals surface area contributed by atoms with Crippen LogP contribution in [0.5, 0.6) is 0 Å². The number of primary amides is 1. The van der Waals surface area contributed by atoms with Crippen LogP contribution in [0.3, 0.4) is 0 Å². The third-order valence-electron chi connectivity index (χ3n) is 6.68. The molecular formula is C26H27N5O3. The Morgan fingerprint density at radius 2 is 1.74 bits per heavy atom. The van der Waals surface area contributed by atoms with Gasteiger partial charge in [0.15, 0.2) is 0 Å². The highest BCUT2D eigenvalue weighted by Crippen LogP contribution is 2.45. The molecule has 0 saturated heterocycles. The van der Waals surface area contributed by atoms with Gasteiger partial charge in [-0.3, -0.25) is 9.59 Å². The molecule has 2 amide bonds. The maximum absolute atomic E-state index is 12.7. The average Bonchev–Trinajstić information content (AvgIpc) is 3.69. The lowest BCUT2D eigenvalue weighted by Crippen LogP contribution is -2.52. The summed E-state index contributed by atoms with van der Waals surface area (Å²) in [6.07, 6.45) is 5.43. The van der Waals surface area contributed by atoms with Crippen LogP contribution in [-0.2, 0) is 17.9 Å². The minimum atomic E-state index is -0.672. The standard InChI is InChI=1S/C26H27N5O3/c1-16(33)31-22-9-8-18(21-11-28-26(25(27)34)29-12-21)10-23(22)30(14-24(31)17-6-7-17)13-19-4-2-3-5-20(19)15-32/h2-5,8-12,17,24,32H,6-7,13-15H2,1H3,(H2,27,34). The number of benzene rings is 2. The van der Waals surface area contributed by atoms with Crippen molar-refractivity contribution in [3.8, 4) is 11.1 Å². The van der Waals surface area contributed by atoms with Gasteiger partial charge < -0.3 is 20.6 Å². The summed E-state index contributed by atoms with van der Waals surface area (Å²) in [5.41, 5.74) is 10.7. The van der Waals surface area contributed by atoms with Crippen LogP contribution in [0.15, 0.2) is 54.9 Å². The highest BCUT2D eigenvalue weighted by molar-refractivity contribution is 5.98. The van der Waals surface area contributed by atoms with E-state index in [2.05, 4.69) is 14.9 Å². The van der Waals surface area contributed by atoms with E-state index in [1.807, 2.05) is 47.4 Å². The molecule has 1 saturated carbocycles. The SMILES string of the molecule is CC(=O)N1c2ccc(-c3cnc(C(N)=O)nc3)cc2N(Cc2ccccc2CO)CC1C1CC1. The fourth-order valence-electron chi connectivity index (χ4n) is 4.81. The van der Waals surface area contributed by atoms with Gasteiger partial charge in [0.05, 0.1) is 24.0 Å². The summed E-state index contributed by atoms with van der Waals surface area (Å²) < 4.78 is 0. The Kier molecular flexibility index (Phi) is 5.75. The van der Waals surface area contributed by atoms with Crippen molar-refractivity contribution in [3.63, 3.8) is 0 Å². The first-order chi connectivity index (χ1) is 16.5. The molecule has 1 aliphatic heterocycles. The van der Waals surface area contributed by atoms with Gasteiger partial charge >= 0.3 is 0 Å². The number of rotatable bonds is 6. The van der Waals surface area contributed by atoms with Crippen molar-refractivity contribution >= 4 is 23.2 Å². The second-order valence-corrected chi connectivity index (χ2v) is 8.96. The minimum Gasteiger partial charge on any atom is -0.392 e. The van der Waals surface area contributed by atoms with E-state index in [1.54, 1.807) is 19.3 Å². The molecule has 1 fully saturated rings. The summed E-state index contributed by atoms with van der Waals surface area (Å²) in [5, 5.41) is 9.84. The van der Waals surface area contributed by atoms with E-state index in [4.69, 9.17) is 5.73 Å². The van der Waals surface area contributed by atoms with Crippen LogP contribution < -0.4 is 15.5 Å². The van der Waals surface area contributed by atoms with E-state index in [-0.39, 0.29) is 24.4 Å². The molecule has 2 aliphatic rings. The van der Waals surface area contributed by atoms with Gasteiger partial charge in [-0.15, -0.1) is 0 Å². The Morgan fingerprint density at radius 3 is 2.35 bits per heavy atom. The van der Waals surface area contributed by atoms with Gasteiger partial charge in [0.1, 0.15) is 0 Å². The number of hydrogen-bond acceptors (Lipinski definition) is 6. The lowest BCUT2D eigenvalue weighted by molar-refractivity contribution is -0.117. The van der Waals surface area contributed by atoms with Gasteiger partial charge in [-0.1, -0.05) is 30.3 Å². The fourth-order valence-corrected chi connectivity index (χ4v) is 4.81. The Morgan fingerprint density at radius 1 is 1.03 bits per heavy atom. The molecular weight excluding hydrogens is 430 g/mol. The summed E-state index contributed by atoms with van der Waals surface area (Å²) in [6, 6.07) is 14.0. The number of anilines is 2. The zero-order valence-corrected chi connectivity index (χ0v) is 19.0. The molecule has 5 rings (SSSR count). The van der Waals surface area contributed by atoms with Crippen LogP contribution in [0.4, 0.5) is 11.4 Å². The Labute approximate surface area is 198 Å². The lowest BCUT2D eigenvalue weighted by atomic mass is 9.98. The van der Waals surface area contributed by atoms with Crippen molar-refractivity contribution in [2.45, 2.75) is 39.0 Å². The molecule has 34 heavy (non-hydrogen) atoms. The van der Waals surface area contributed by atoms with Crippen LogP contribution in [0.25, 0.3) is 11.1 Å². The van der Waals surface area contributed by atoms with Gasteiger partial charge in [-0.25, -0.2) is 9.97 Å². The number of aliphatic hydroxyl groups excluding tert-OH is 1. The topological polar surface area (TPSA) is 113 Å². The van der Waals surface area contributed by atoms with E-state index in [0.717, 1.165) is 53.0 Å². The molecule has 8 nitrogen and oxygen atoms in total. The van der Waals surface area contributed by atoms with Crippen molar-refractivity contribution in [1.29, 1.82) is 0 Å². The van der Waals surface area contributed by atoms with E-state index in [9.17, 15) is 14.7 Å². The molecule has 1 aliphatic carbocycles. The van der Waals surface area contributed by atoms with Crippen LogP contribution >= 0.6 is 0 Å². The Bertz CT molecular complexity index is 1240. The number of carbonyl (C=O) groups is 2. The van der Waals surface area contributed by atoms with Crippen molar-refractivity contribution in [1.82, 2.24) is 9.97 Å². The lowest BCUT2D eigenvalue weighted by Gasteiger charge is -2.44. The van der Waals surface area contributed by atoms with Gasteiger partial charge in [0.25, 0.3) is 5.91 Å². The summed E-state index contributed by atoms with van der Waals surface area (Å²) in [5.74, 6) is -0.162. The molecule has 3 N–H and O–H groups in total. The van der Waals surface area contributed by atoms with Crippen molar-refractivity contribution in [2.24, 2.45) is 11.7 Å². The number of aromatic nitrogens is 2. The molecule has 2 heterocycles. The number of hydrogen-bond donors (Lipinski definition) is 2. The second-order valence-electron chi connectivity index (χ2n) is 8.96. The number of nitrogens with two attached hydrogens (primary N) is 1. The first-order valence-electron chi connectivity index (χ1n) is 11.4. The first-order valence-corrected chi connectivity index (χ1v) is 11.4. The molecule has 0 bridgehead atoms. The highest BCUT2D eigenvalue weighted by atomic mass is 16.3.